The van der Waals surface area contributed by atoms with Gasteiger partial charge in [0.1, 0.15) is 29.7 Å². The summed E-state index contributed by atoms with van der Waals surface area (Å²) in [5.74, 6) is -0.430. The fourth-order valence-corrected chi connectivity index (χ4v) is 6.59. The van der Waals surface area contributed by atoms with Gasteiger partial charge in [0.05, 0.1) is 50.7 Å². The highest BCUT2D eigenvalue weighted by molar-refractivity contribution is 7.18. The predicted molar refractivity (Wildman–Crippen MR) is 157 cm³/mol. The summed E-state index contributed by atoms with van der Waals surface area (Å²) in [6, 6.07) is 8.54. The highest BCUT2D eigenvalue weighted by atomic mass is 35.5. The molecule has 1 aliphatic rings. The molecule has 4 heterocycles. The maximum atomic E-state index is 13.9. The van der Waals surface area contributed by atoms with Gasteiger partial charge in [-0.3, -0.25) is 19.3 Å². The summed E-state index contributed by atoms with van der Waals surface area (Å²) in [7, 11) is 0. The Hall–Kier alpha value is -4.54. The third kappa shape index (κ3) is 4.74. The molecule has 0 bridgehead atoms. The molecule has 0 aliphatic heterocycles. The second-order valence-corrected chi connectivity index (χ2v) is 11.8. The fraction of sp³-hybridized carbons (Fsp3) is 0.267. The summed E-state index contributed by atoms with van der Waals surface area (Å²) < 4.78 is 49.7. The third-order valence-corrected chi connectivity index (χ3v) is 8.97. The molecule has 1 N–H and O–H groups in total. The van der Waals surface area contributed by atoms with Gasteiger partial charge in [-0.1, -0.05) is 11.6 Å². The van der Waals surface area contributed by atoms with Crippen LogP contribution < -0.4 is 10.3 Å². The number of fused-ring (bicyclic) bond motifs is 2. The molecule has 0 radical (unpaired) electrons. The highest BCUT2D eigenvalue weighted by Gasteiger charge is 2.66. The van der Waals surface area contributed by atoms with E-state index in [1.165, 1.54) is 21.3 Å². The van der Waals surface area contributed by atoms with Crippen LogP contribution in [0.25, 0.3) is 32.2 Å². The Labute approximate surface area is 256 Å². The Morgan fingerprint density at radius 1 is 1.23 bits per heavy atom. The molecule has 1 saturated carbocycles. The fourth-order valence-electron chi connectivity index (χ4n) is 5.41. The molecule has 14 heteroatoms. The van der Waals surface area contributed by atoms with Crippen LogP contribution in [-0.2, 0) is 12.0 Å². The minimum Gasteiger partial charge on any atom is -0.491 e. The van der Waals surface area contributed by atoms with Gasteiger partial charge < -0.3 is 9.84 Å². The first-order valence-electron chi connectivity index (χ1n) is 13.3. The number of aromatic nitrogens is 4. The zero-order valence-corrected chi connectivity index (χ0v) is 24.7. The molecule has 6 rings (SSSR count). The van der Waals surface area contributed by atoms with Crippen LogP contribution in [0.3, 0.4) is 0 Å². The van der Waals surface area contributed by atoms with E-state index in [4.69, 9.17) is 16.3 Å². The number of carboxylic acid groups (broad SMARTS) is 1. The molecule has 4 aromatic heterocycles. The number of pyridine rings is 2. The van der Waals surface area contributed by atoms with Crippen molar-refractivity contribution in [2.45, 2.75) is 44.8 Å². The number of nitriles is 1. The van der Waals surface area contributed by atoms with E-state index in [2.05, 4.69) is 15.0 Å². The molecule has 44 heavy (non-hydrogen) atoms. The second kappa shape index (κ2) is 10.6. The van der Waals surface area contributed by atoms with Crippen LogP contribution in [0.1, 0.15) is 46.0 Å². The lowest BCUT2D eigenvalue weighted by atomic mass is 9.95. The van der Waals surface area contributed by atoms with Gasteiger partial charge in [-0.25, -0.2) is 9.78 Å². The molecule has 0 amide bonds. The molecule has 224 valence electrons. The van der Waals surface area contributed by atoms with Gasteiger partial charge >= 0.3 is 12.1 Å². The van der Waals surface area contributed by atoms with E-state index >= 15 is 0 Å². The van der Waals surface area contributed by atoms with Gasteiger partial charge in [0.2, 0.25) is 0 Å². The normalized spacial score (nSPS) is 14.1. The topological polar surface area (TPSA) is 131 Å². The van der Waals surface area contributed by atoms with Crippen LogP contribution in [0.2, 0.25) is 5.02 Å². The van der Waals surface area contributed by atoms with Crippen molar-refractivity contribution in [2.75, 3.05) is 6.61 Å². The number of nitrogens with zero attached hydrogens (tertiary/aromatic N) is 5. The standard InChI is InChI=1S/C30H21ClF3N5O4S/c1-14-9-18(25-24(37-14)20(13-44-25)28(41)42)17-10-16(31)3-4-22(17)43-8-7-39-15(2)38-21-12-36-26(19(11-35)23(21)27(39)40)29(5-6-29)30(32,33)34/h3-4,9-10,12-13H,5-8H2,1-2H3,(H,41,42). The highest BCUT2D eigenvalue weighted by Crippen LogP contribution is 2.59. The van der Waals surface area contributed by atoms with Crippen LogP contribution in [0.15, 0.2) is 40.6 Å². The maximum absolute atomic E-state index is 13.9. The van der Waals surface area contributed by atoms with E-state index in [9.17, 15) is 33.1 Å². The molecule has 1 aromatic carbocycles. The Bertz CT molecular complexity index is 2120. The van der Waals surface area contributed by atoms with Crippen molar-refractivity contribution in [3.8, 4) is 22.9 Å². The zero-order valence-electron chi connectivity index (χ0n) is 23.1. The summed E-state index contributed by atoms with van der Waals surface area (Å²) in [6.45, 7) is 3.23. The lowest BCUT2D eigenvalue weighted by Gasteiger charge is -2.20. The molecule has 0 saturated heterocycles. The molecule has 0 unspecified atom stereocenters. The molecule has 1 aliphatic carbocycles. The second-order valence-electron chi connectivity index (χ2n) is 10.5. The largest absolute Gasteiger partial charge is 0.491 e. The number of aromatic carboxylic acids is 1. The van der Waals surface area contributed by atoms with E-state index in [0.717, 1.165) is 6.20 Å². The average molecular weight is 640 g/mol. The molecular formula is C30H21ClF3N5O4S. The first-order chi connectivity index (χ1) is 20.9. The maximum Gasteiger partial charge on any atom is 0.399 e. The predicted octanol–water partition coefficient (Wildman–Crippen LogP) is 6.58. The van der Waals surface area contributed by atoms with Crippen molar-refractivity contribution in [1.29, 1.82) is 5.26 Å². The van der Waals surface area contributed by atoms with Gasteiger partial charge in [-0.05, 0) is 51.0 Å². The first-order valence-corrected chi connectivity index (χ1v) is 14.5. The van der Waals surface area contributed by atoms with Crippen molar-refractivity contribution in [2.24, 2.45) is 0 Å². The number of halogens is 4. The van der Waals surface area contributed by atoms with E-state index < -0.39 is 34.4 Å². The van der Waals surface area contributed by atoms with E-state index in [-0.39, 0.29) is 48.3 Å². The van der Waals surface area contributed by atoms with E-state index in [1.807, 2.05) is 0 Å². The number of aryl methyl sites for hydroxylation is 2. The smallest absolute Gasteiger partial charge is 0.399 e. The summed E-state index contributed by atoms with van der Waals surface area (Å²) in [6.07, 6.45) is -3.91. The minimum atomic E-state index is -4.61. The average Bonchev–Trinajstić information content (AvgIpc) is 3.68. The van der Waals surface area contributed by atoms with Crippen LogP contribution in [0.5, 0.6) is 5.75 Å². The first kappa shape index (κ1) is 29.5. The van der Waals surface area contributed by atoms with Crippen molar-refractivity contribution >= 4 is 50.0 Å². The van der Waals surface area contributed by atoms with Gasteiger partial charge in [0, 0.05) is 27.2 Å². The number of carbonyl (C=O) groups is 1. The van der Waals surface area contributed by atoms with Crippen molar-refractivity contribution in [3.63, 3.8) is 0 Å². The summed E-state index contributed by atoms with van der Waals surface area (Å²) in [5.41, 5.74) is -1.49. The zero-order chi connectivity index (χ0) is 31.6. The monoisotopic (exact) mass is 639 g/mol. The van der Waals surface area contributed by atoms with Gasteiger partial charge in [0.25, 0.3) is 5.56 Å². The molecule has 0 spiro atoms. The third-order valence-electron chi connectivity index (χ3n) is 7.73. The molecular weight excluding hydrogens is 619 g/mol. The molecule has 0 atom stereocenters. The lowest BCUT2D eigenvalue weighted by molar-refractivity contribution is -0.161. The number of alkyl halides is 3. The molecule has 1 fully saturated rings. The van der Waals surface area contributed by atoms with Crippen molar-refractivity contribution in [1.82, 2.24) is 19.5 Å². The summed E-state index contributed by atoms with van der Waals surface area (Å²) in [4.78, 5) is 38.1. The summed E-state index contributed by atoms with van der Waals surface area (Å²) in [5, 5.41) is 21.2. The lowest BCUT2D eigenvalue weighted by Crippen LogP contribution is -2.32. The van der Waals surface area contributed by atoms with Crippen LogP contribution in [0.4, 0.5) is 13.2 Å². The molecule has 9 nitrogen and oxygen atoms in total. The van der Waals surface area contributed by atoms with Crippen molar-refractivity contribution < 1.29 is 27.8 Å². The number of hydrogen-bond acceptors (Lipinski definition) is 8. The van der Waals surface area contributed by atoms with Gasteiger partial charge in [-0.15, -0.1) is 11.3 Å². The van der Waals surface area contributed by atoms with Gasteiger partial charge in [-0.2, -0.15) is 18.4 Å². The number of rotatable bonds is 7. The SMILES string of the molecule is Cc1cc(-c2cc(Cl)ccc2OCCn2c(C)nc3cnc(C4(C(F)(F)F)CC4)c(C#N)c3c2=O)c2scc(C(=O)O)c2n1. The Balaban J connectivity index is 1.36. The number of carboxylic acids is 1. The Morgan fingerprint density at radius 3 is 2.64 bits per heavy atom. The summed E-state index contributed by atoms with van der Waals surface area (Å²) >= 11 is 7.56. The Kier molecular flexibility index (Phi) is 7.09. The Morgan fingerprint density at radius 2 is 1.98 bits per heavy atom. The van der Waals surface area contributed by atoms with E-state index in [0.29, 0.717) is 37.8 Å². The van der Waals surface area contributed by atoms with Gasteiger partial charge in [0.15, 0.2) is 0 Å². The number of hydrogen-bond donors (Lipinski definition) is 1. The van der Waals surface area contributed by atoms with Crippen LogP contribution in [0, 0.1) is 25.2 Å². The quantitative estimate of drug-likeness (QED) is 0.211. The minimum absolute atomic E-state index is 0.0322. The number of thiophene rings is 1. The van der Waals surface area contributed by atoms with E-state index in [1.54, 1.807) is 44.2 Å². The van der Waals surface area contributed by atoms with Crippen LogP contribution >= 0.6 is 22.9 Å². The van der Waals surface area contributed by atoms with Crippen molar-refractivity contribution in [3.05, 3.63) is 79.6 Å². The number of ether oxygens (including phenoxy) is 1. The number of benzene rings is 1. The molecule has 5 aromatic rings. The van der Waals surface area contributed by atoms with Crippen LogP contribution in [-0.4, -0.2) is 43.4 Å².